The van der Waals surface area contributed by atoms with Crippen molar-refractivity contribution in [3.63, 3.8) is 0 Å². The van der Waals surface area contributed by atoms with Crippen molar-refractivity contribution in [2.24, 2.45) is 0 Å². The van der Waals surface area contributed by atoms with Crippen LogP contribution in [0.15, 0.2) is 91.1 Å². The van der Waals surface area contributed by atoms with E-state index in [4.69, 9.17) is 9.97 Å². The maximum absolute atomic E-state index is 11.1. The third kappa shape index (κ3) is 5.47. The first kappa shape index (κ1) is 32.7. The predicted molar refractivity (Wildman–Crippen MR) is 191 cm³/mol. The quantitative estimate of drug-likeness (QED) is 0.181. The van der Waals surface area contributed by atoms with E-state index in [1.165, 1.54) is 38.9 Å². The molecule has 0 amide bonds. The molecule has 1 aliphatic heterocycles. The summed E-state index contributed by atoms with van der Waals surface area (Å²) in [5.41, 5.74) is 13.6. The Morgan fingerprint density at radius 3 is 2.26 bits per heavy atom. The van der Waals surface area contributed by atoms with Gasteiger partial charge in [-0.25, -0.2) is 4.98 Å². The van der Waals surface area contributed by atoms with Gasteiger partial charge in [0.05, 0.1) is 0 Å². The summed E-state index contributed by atoms with van der Waals surface area (Å²) in [6.45, 7) is 17.7. The van der Waals surface area contributed by atoms with Gasteiger partial charge < -0.3 is 10.0 Å². The van der Waals surface area contributed by atoms with E-state index in [1.54, 1.807) is 6.07 Å². The number of para-hydroxylation sites is 1. The second kappa shape index (κ2) is 11.8. The Labute approximate surface area is 292 Å². The molecule has 7 rings (SSSR count). The van der Waals surface area contributed by atoms with E-state index < -0.39 is 0 Å². The Morgan fingerprint density at radius 1 is 0.809 bits per heavy atom. The van der Waals surface area contributed by atoms with Gasteiger partial charge in [0, 0.05) is 38.3 Å². The van der Waals surface area contributed by atoms with E-state index in [0.29, 0.717) is 5.52 Å². The van der Waals surface area contributed by atoms with Crippen LogP contribution < -0.4 is 4.90 Å². The smallest absolute Gasteiger partial charge is 0.140 e. The number of hydrogen-bond acceptors (Lipinski definition) is 4. The standard InChI is InChI=1S/C42H40N3O.Pt/c1-25-21-26(2)39(27(3)22-25)30-15-18-37(46)40-31(30)14-17-34(44-40)28-13-16-33-36(23-28)45(35-12-10-9-11-32(35)42(33,7)8)38-24-29(19-20-43-38)41(4,5)6;/h9-22,24,46H,1-8H3;/q-1;. The van der Waals surface area contributed by atoms with Crippen molar-refractivity contribution in [3.8, 4) is 28.1 Å². The zero-order valence-electron chi connectivity index (χ0n) is 28.3. The SMILES string of the molecule is Cc1cc(C)c(-c2ccc(O)c3nc(-c4[c-]c5c(cc4)C(C)(C)c4ccccc4N5c4cc(C(C)(C)C)ccn4)ccc23)c(C)c1.[Pt]. The molecule has 0 fully saturated rings. The van der Waals surface area contributed by atoms with E-state index >= 15 is 0 Å². The monoisotopic (exact) mass is 797 g/mol. The molecule has 0 saturated heterocycles. The van der Waals surface area contributed by atoms with Crippen LogP contribution >= 0.6 is 0 Å². The predicted octanol–water partition coefficient (Wildman–Crippen LogP) is 10.8. The molecule has 47 heavy (non-hydrogen) atoms. The number of rotatable bonds is 3. The normalized spacial score (nSPS) is 13.6. The van der Waals surface area contributed by atoms with E-state index in [2.05, 4.69) is 133 Å². The summed E-state index contributed by atoms with van der Waals surface area (Å²) in [7, 11) is 0. The van der Waals surface area contributed by atoms with Gasteiger partial charge in [0.2, 0.25) is 0 Å². The molecular formula is C42H40N3OPt-. The number of nitrogens with zero attached hydrogens (tertiary/aromatic N) is 3. The number of phenols is 1. The molecule has 2 aromatic heterocycles. The second-order valence-electron chi connectivity index (χ2n) is 14.3. The maximum Gasteiger partial charge on any atom is 0.140 e. The molecule has 0 radical (unpaired) electrons. The van der Waals surface area contributed by atoms with E-state index in [-0.39, 0.29) is 37.6 Å². The van der Waals surface area contributed by atoms with Gasteiger partial charge in [-0.3, -0.25) is 4.98 Å². The molecule has 1 aliphatic rings. The van der Waals surface area contributed by atoms with Crippen molar-refractivity contribution in [3.05, 3.63) is 131 Å². The first-order chi connectivity index (χ1) is 21.8. The van der Waals surface area contributed by atoms with Crippen molar-refractivity contribution in [2.45, 2.75) is 66.2 Å². The molecule has 1 N–H and O–H groups in total. The number of aromatic nitrogens is 2. The average molecular weight is 798 g/mol. The molecule has 4 aromatic carbocycles. The van der Waals surface area contributed by atoms with Crippen molar-refractivity contribution < 1.29 is 26.2 Å². The molecule has 4 nitrogen and oxygen atoms in total. The van der Waals surface area contributed by atoms with E-state index in [0.717, 1.165) is 39.4 Å². The Bertz CT molecular complexity index is 2150. The van der Waals surface area contributed by atoms with Crippen LogP contribution in [0.3, 0.4) is 0 Å². The minimum Gasteiger partial charge on any atom is -0.506 e. The van der Waals surface area contributed by atoms with Gasteiger partial charge >= 0.3 is 0 Å². The second-order valence-corrected chi connectivity index (χ2v) is 14.3. The van der Waals surface area contributed by atoms with Crippen molar-refractivity contribution >= 4 is 28.1 Å². The van der Waals surface area contributed by atoms with Crippen LogP contribution in [-0.4, -0.2) is 15.1 Å². The summed E-state index contributed by atoms with van der Waals surface area (Å²) in [6, 6.07) is 33.3. The van der Waals surface area contributed by atoms with Crippen molar-refractivity contribution in [1.82, 2.24) is 9.97 Å². The summed E-state index contributed by atoms with van der Waals surface area (Å²) < 4.78 is 0. The number of anilines is 3. The minimum absolute atomic E-state index is 0. The third-order valence-corrected chi connectivity index (χ3v) is 9.54. The van der Waals surface area contributed by atoms with E-state index in [9.17, 15) is 5.11 Å². The van der Waals surface area contributed by atoms with Crippen LogP contribution in [0.4, 0.5) is 17.2 Å². The zero-order chi connectivity index (χ0) is 32.5. The van der Waals surface area contributed by atoms with Gasteiger partial charge in [0.25, 0.3) is 0 Å². The Morgan fingerprint density at radius 2 is 1.53 bits per heavy atom. The van der Waals surface area contributed by atoms with Crippen LogP contribution in [0, 0.1) is 26.8 Å². The average Bonchev–Trinajstić information content (AvgIpc) is 3.01. The van der Waals surface area contributed by atoms with Crippen LogP contribution in [0.25, 0.3) is 33.3 Å². The summed E-state index contributed by atoms with van der Waals surface area (Å²) in [5, 5.41) is 12.0. The molecule has 0 saturated carbocycles. The topological polar surface area (TPSA) is 49.3 Å². The molecule has 0 bridgehead atoms. The van der Waals surface area contributed by atoms with Crippen LogP contribution in [0.5, 0.6) is 5.75 Å². The van der Waals surface area contributed by atoms with Gasteiger partial charge in [0.15, 0.2) is 0 Å². The molecule has 3 heterocycles. The Hall–Kier alpha value is -4.27. The minimum atomic E-state index is -0.243. The summed E-state index contributed by atoms with van der Waals surface area (Å²) in [6.07, 6.45) is 1.91. The van der Waals surface area contributed by atoms with Crippen LogP contribution in [0.1, 0.15) is 68.0 Å². The van der Waals surface area contributed by atoms with Gasteiger partial charge in [-0.05, 0) is 107 Å². The van der Waals surface area contributed by atoms with Gasteiger partial charge in [-0.2, -0.15) is 0 Å². The number of fused-ring (bicyclic) bond motifs is 3. The number of phenolic OH excluding ortho intramolecular Hbond substituents is 1. The fraction of sp³-hybridized carbons (Fsp3) is 0.238. The largest absolute Gasteiger partial charge is 0.506 e. The summed E-state index contributed by atoms with van der Waals surface area (Å²) >= 11 is 0. The maximum atomic E-state index is 11.1. The summed E-state index contributed by atoms with van der Waals surface area (Å²) in [5.74, 6) is 1.03. The molecule has 0 unspecified atom stereocenters. The fourth-order valence-corrected chi connectivity index (χ4v) is 7.20. The Kier molecular flexibility index (Phi) is 8.17. The third-order valence-electron chi connectivity index (χ3n) is 9.54. The van der Waals surface area contributed by atoms with Crippen molar-refractivity contribution in [2.75, 3.05) is 4.90 Å². The van der Waals surface area contributed by atoms with Crippen LogP contribution in [-0.2, 0) is 31.9 Å². The number of pyridine rings is 2. The molecule has 0 atom stereocenters. The summed E-state index contributed by atoms with van der Waals surface area (Å²) in [4.78, 5) is 12.2. The number of benzene rings is 4. The molecule has 240 valence electrons. The molecule has 5 heteroatoms. The molecule has 6 aromatic rings. The fourth-order valence-electron chi connectivity index (χ4n) is 7.20. The van der Waals surface area contributed by atoms with E-state index in [1.807, 2.05) is 18.3 Å². The van der Waals surface area contributed by atoms with Gasteiger partial charge in [-0.1, -0.05) is 88.2 Å². The zero-order valence-corrected chi connectivity index (χ0v) is 30.5. The van der Waals surface area contributed by atoms with Crippen molar-refractivity contribution in [1.29, 1.82) is 0 Å². The first-order valence-electron chi connectivity index (χ1n) is 16.0. The number of aromatic hydroxyl groups is 1. The number of hydrogen-bond donors (Lipinski definition) is 1. The first-order valence-corrected chi connectivity index (χ1v) is 16.0. The molecule has 0 spiro atoms. The molecular weight excluding hydrogens is 758 g/mol. The molecule has 0 aliphatic carbocycles. The number of aryl methyl sites for hydroxylation is 3. The Balaban J connectivity index is 0.00000386. The van der Waals surface area contributed by atoms with Crippen LogP contribution in [0.2, 0.25) is 0 Å². The van der Waals surface area contributed by atoms with Gasteiger partial charge in [0.1, 0.15) is 17.1 Å². The van der Waals surface area contributed by atoms with Gasteiger partial charge in [-0.15, -0.1) is 23.8 Å².